The Morgan fingerprint density at radius 1 is 0.950 bits per heavy atom. The molecule has 0 heterocycles. The van der Waals surface area contributed by atoms with Crippen LogP contribution in [0.25, 0.3) is 0 Å². The van der Waals surface area contributed by atoms with Gasteiger partial charge in [0, 0.05) is 0 Å². The van der Waals surface area contributed by atoms with Gasteiger partial charge in [0.05, 0.1) is 31.9 Å². The fourth-order valence-electron chi connectivity index (χ4n) is 0.732. The molecule has 0 amide bonds. The summed E-state index contributed by atoms with van der Waals surface area (Å²) in [7, 11) is -2.16. The van der Waals surface area contributed by atoms with Gasteiger partial charge in [-0.05, 0) is 0 Å². The molecule has 0 unspecified atom stereocenters. The first kappa shape index (κ1) is 21.9. The summed E-state index contributed by atoms with van der Waals surface area (Å²) in [6, 6.07) is 0. The highest BCUT2D eigenvalue weighted by molar-refractivity contribution is 7.80. The molecule has 0 aromatic rings. The van der Waals surface area contributed by atoms with Crippen molar-refractivity contribution in [3.8, 4) is 0 Å². The van der Waals surface area contributed by atoms with Gasteiger partial charge < -0.3 is 19.9 Å². The molecule has 0 aliphatic carbocycles. The molecule has 0 radical (unpaired) electrons. The predicted molar refractivity (Wildman–Crippen MR) is 62.0 cm³/mol. The van der Waals surface area contributed by atoms with Crippen LogP contribution in [0.15, 0.2) is 0 Å². The van der Waals surface area contributed by atoms with Crippen molar-refractivity contribution in [2.75, 3.05) is 53.8 Å². The second kappa shape index (κ2) is 12.3. The molecular formula is C8H21NO10S. The van der Waals surface area contributed by atoms with Gasteiger partial charge >= 0.3 is 0 Å². The standard InChI is InChI=1S/C7H18NO6.CH4O4S/c1-8(12-5-2-9,13-6-3-10)14-7-4-11;1-5-6(2,3)4/h9-11H,2-7H2,1H3;1H3,(H,2,3,4)/q+1;/p-1. The van der Waals surface area contributed by atoms with Crippen molar-refractivity contribution < 1.29 is 52.0 Å². The van der Waals surface area contributed by atoms with E-state index in [2.05, 4.69) is 4.18 Å². The van der Waals surface area contributed by atoms with Crippen LogP contribution < -0.4 is 0 Å². The third-order valence-corrected chi connectivity index (χ3v) is 1.86. The van der Waals surface area contributed by atoms with Crippen LogP contribution in [-0.4, -0.2) is 87.1 Å². The smallest absolute Gasteiger partial charge is 0.217 e. The van der Waals surface area contributed by atoms with Gasteiger partial charge in [-0.25, -0.2) is 8.42 Å². The van der Waals surface area contributed by atoms with Gasteiger partial charge in [0.25, 0.3) is 0 Å². The quantitative estimate of drug-likeness (QED) is 0.167. The van der Waals surface area contributed by atoms with Crippen LogP contribution in [0.5, 0.6) is 0 Å². The zero-order valence-electron chi connectivity index (χ0n) is 11.3. The first-order valence-corrected chi connectivity index (χ1v) is 6.72. The Kier molecular flexibility index (Phi) is 13.5. The van der Waals surface area contributed by atoms with Gasteiger partial charge in [0.15, 0.2) is 7.05 Å². The SMILES string of the molecule is COS(=O)(=O)[O-].C[N+](OCCO)(OCCO)OCCO. The van der Waals surface area contributed by atoms with Crippen molar-refractivity contribution in [3.63, 3.8) is 0 Å². The van der Waals surface area contributed by atoms with E-state index in [0.29, 0.717) is 0 Å². The van der Waals surface area contributed by atoms with Gasteiger partial charge in [-0.2, -0.15) is 0 Å². The van der Waals surface area contributed by atoms with Crippen LogP contribution >= 0.6 is 0 Å². The molecule has 0 bridgehead atoms. The van der Waals surface area contributed by atoms with Crippen molar-refractivity contribution in [1.82, 2.24) is 0 Å². The molecule has 0 aliphatic rings. The third kappa shape index (κ3) is 15.6. The second-order valence-corrected chi connectivity index (χ2v) is 4.17. The number of rotatable bonds is 10. The molecule has 0 saturated heterocycles. The molecule has 12 heteroatoms. The van der Waals surface area contributed by atoms with Gasteiger partial charge in [0.1, 0.15) is 19.8 Å². The molecule has 11 nitrogen and oxygen atoms in total. The summed E-state index contributed by atoms with van der Waals surface area (Å²) < 4.78 is 31.0. The highest BCUT2D eigenvalue weighted by Gasteiger charge is 2.27. The highest BCUT2D eigenvalue weighted by atomic mass is 32.3. The largest absolute Gasteiger partial charge is 0.726 e. The molecule has 0 fully saturated rings. The highest BCUT2D eigenvalue weighted by Crippen LogP contribution is 2.06. The van der Waals surface area contributed by atoms with E-state index in [0.717, 1.165) is 7.11 Å². The number of hydrogen-bond acceptors (Lipinski definition) is 10. The number of hydroxylamine groups is 3. The minimum Gasteiger partial charge on any atom is -0.726 e. The van der Waals surface area contributed by atoms with Crippen LogP contribution in [-0.2, 0) is 29.1 Å². The summed E-state index contributed by atoms with van der Waals surface area (Å²) in [4.78, 5) is 14.3. The summed E-state index contributed by atoms with van der Waals surface area (Å²) in [5.74, 6) is 0. The molecular weight excluding hydrogens is 302 g/mol. The van der Waals surface area contributed by atoms with E-state index in [1.807, 2.05) is 0 Å². The lowest BCUT2D eigenvalue weighted by molar-refractivity contribution is -1.36. The van der Waals surface area contributed by atoms with Gasteiger partial charge in [-0.15, -0.1) is 14.5 Å². The van der Waals surface area contributed by atoms with Crippen molar-refractivity contribution in [1.29, 1.82) is 0 Å². The Balaban J connectivity index is 0. The predicted octanol–water partition coefficient (Wildman–Crippen LogP) is -2.70. The molecule has 0 saturated carbocycles. The fourth-order valence-corrected chi connectivity index (χ4v) is 0.732. The molecule has 0 aromatic carbocycles. The Bertz CT molecular complexity index is 287. The maximum atomic E-state index is 9.22. The number of quaternary nitrogens is 1. The van der Waals surface area contributed by atoms with Crippen molar-refractivity contribution in [2.24, 2.45) is 0 Å². The third-order valence-electron chi connectivity index (χ3n) is 1.46. The number of hydrogen-bond donors (Lipinski definition) is 3. The molecule has 0 atom stereocenters. The summed E-state index contributed by atoms with van der Waals surface area (Å²) in [6.45, 7) is -0.398. The Morgan fingerprint density at radius 3 is 1.35 bits per heavy atom. The van der Waals surface area contributed by atoms with Crippen molar-refractivity contribution in [3.05, 3.63) is 0 Å². The van der Waals surface area contributed by atoms with Crippen LogP contribution in [0.4, 0.5) is 0 Å². The summed E-state index contributed by atoms with van der Waals surface area (Å²) in [5.41, 5.74) is 0. The topological polar surface area (TPSA) is 155 Å². The molecule has 124 valence electrons. The number of nitrogens with zero attached hydrogens (tertiary/aromatic N) is 1. The van der Waals surface area contributed by atoms with E-state index in [9.17, 15) is 13.0 Å². The van der Waals surface area contributed by atoms with Crippen LogP contribution in [0.1, 0.15) is 0 Å². The Labute approximate surface area is 117 Å². The second-order valence-electron chi connectivity index (χ2n) is 3.02. The van der Waals surface area contributed by atoms with Gasteiger partial charge in [-0.3, -0.25) is 4.18 Å². The zero-order chi connectivity index (χ0) is 16.1. The first-order valence-electron chi connectivity index (χ1n) is 5.38. The zero-order valence-corrected chi connectivity index (χ0v) is 12.1. The average Bonchev–Trinajstić information content (AvgIpc) is 2.41. The van der Waals surface area contributed by atoms with E-state index in [1.54, 1.807) is 0 Å². The van der Waals surface area contributed by atoms with Crippen molar-refractivity contribution >= 4 is 10.4 Å². The average molecular weight is 323 g/mol. The van der Waals surface area contributed by atoms with Crippen LogP contribution in [0, 0.1) is 0 Å². The molecule has 0 aromatic heterocycles. The van der Waals surface area contributed by atoms with E-state index in [-0.39, 0.29) is 39.6 Å². The Hall–Kier alpha value is -0.410. The van der Waals surface area contributed by atoms with Crippen LogP contribution in [0.3, 0.4) is 0 Å². The molecule has 0 rings (SSSR count). The van der Waals surface area contributed by atoms with E-state index < -0.39 is 15.4 Å². The summed E-state index contributed by atoms with van der Waals surface area (Å²) in [6.07, 6.45) is 0. The maximum absolute atomic E-state index is 9.22. The lowest BCUT2D eigenvalue weighted by Gasteiger charge is -2.24. The fraction of sp³-hybridized carbons (Fsp3) is 1.00. The van der Waals surface area contributed by atoms with Gasteiger partial charge in [0.2, 0.25) is 10.4 Å². The summed E-state index contributed by atoms with van der Waals surface area (Å²) in [5, 5.41) is 25.6. The van der Waals surface area contributed by atoms with Crippen molar-refractivity contribution in [2.45, 2.75) is 0 Å². The van der Waals surface area contributed by atoms with E-state index in [4.69, 9.17) is 29.8 Å². The van der Waals surface area contributed by atoms with E-state index in [1.165, 1.54) is 7.05 Å². The molecule has 20 heavy (non-hydrogen) atoms. The lowest BCUT2D eigenvalue weighted by Crippen LogP contribution is -2.45. The molecule has 0 aliphatic heterocycles. The summed E-state index contributed by atoms with van der Waals surface area (Å²) >= 11 is 0. The normalized spacial score (nSPS) is 11.9. The minimum absolute atomic E-state index is 0.0351. The Morgan fingerprint density at radius 2 is 1.20 bits per heavy atom. The van der Waals surface area contributed by atoms with E-state index >= 15 is 0 Å². The monoisotopic (exact) mass is 323 g/mol. The first-order chi connectivity index (χ1) is 9.24. The number of aliphatic hydroxyl groups is 3. The lowest BCUT2D eigenvalue weighted by atomic mass is 10.8. The number of aliphatic hydroxyl groups excluding tert-OH is 3. The maximum Gasteiger partial charge on any atom is 0.217 e. The van der Waals surface area contributed by atoms with Gasteiger partial charge in [-0.1, -0.05) is 0 Å². The molecule has 3 N–H and O–H groups in total. The minimum atomic E-state index is -4.41. The van der Waals surface area contributed by atoms with Crippen LogP contribution in [0.2, 0.25) is 0 Å². The molecule has 0 spiro atoms.